The number of halogens is 1. The van der Waals surface area contributed by atoms with Gasteiger partial charge in [0.05, 0.1) is 17.6 Å². The first-order valence-electron chi connectivity index (χ1n) is 4.61. The van der Waals surface area contributed by atoms with Crippen LogP contribution >= 0.6 is 15.9 Å². The molecule has 0 unspecified atom stereocenters. The van der Waals surface area contributed by atoms with Crippen LogP contribution in [0.4, 0.5) is 5.69 Å². The Morgan fingerprint density at radius 1 is 1.17 bits per heavy atom. The van der Waals surface area contributed by atoms with E-state index in [1.807, 2.05) is 0 Å². The number of carbonyl (C=O) groups is 3. The maximum Gasteiger partial charge on any atom is 0.248 e. The van der Waals surface area contributed by atoms with E-state index >= 15 is 0 Å². The lowest BCUT2D eigenvalue weighted by Crippen LogP contribution is -2.25. The smallest absolute Gasteiger partial charge is 0.248 e. The number of amides is 1. The molecule has 1 aromatic rings. The molecular formula is C11H6BrNO5-2. The topological polar surface area (TPSA) is 109 Å². The highest BCUT2D eigenvalue weighted by atomic mass is 79.9. The van der Waals surface area contributed by atoms with E-state index in [9.17, 15) is 24.6 Å². The first-order valence-corrected chi connectivity index (χ1v) is 5.40. The van der Waals surface area contributed by atoms with Gasteiger partial charge in [-0.2, -0.15) is 0 Å². The summed E-state index contributed by atoms with van der Waals surface area (Å²) in [5, 5.41) is 23.1. The molecule has 0 heterocycles. The van der Waals surface area contributed by atoms with Crippen molar-refractivity contribution in [3.05, 3.63) is 40.4 Å². The fourth-order valence-electron chi connectivity index (χ4n) is 1.11. The summed E-state index contributed by atoms with van der Waals surface area (Å²) in [5.41, 5.74) is -0.217. The van der Waals surface area contributed by atoms with Crippen LogP contribution in [0.25, 0.3) is 0 Å². The lowest BCUT2D eigenvalue weighted by atomic mass is 10.2. The van der Waals surface area contributed by atoms with E-state index in [-0.39, 0.29) is 11.3 Å². The second kappa shape index (κ2) is 5.97. The monoisotopic (exact) mass is 311 g/mol. The van der Waals surface area contributed by atoms with Gasteiger partial charge in [0.25, 0.3) is 0 Å². The average Bonchev–Trinajstić information content (AvgIpc) is 2.28. The lowest BCUT2D eigenvalue weighted by molar-refractivity contribution is -0.297. The molecule has 7 heteroatoms. The summed E-state index contributed by atoms with van der Waals surface area (Å²) in [6, 6.07) is 4.12. The van der Waals surface area contributed by atoms with E-state index in [4.69, 9.17) is 0 Å². The molecule has 0 aliphatic heterocycles. The highest BCUT2D eigenvalue weighted by Gasteiger charge is 2.06. The molecule has 0 saturated carbocycles. The van der Waals surface area contributed by atoms with Gasteiger partial charge in [-0.3, -0.25) is 4.79 Å². The molecule has 0 aromatic heterocycles. The number of carboxylic acid groups (broad SMARTS) is 2. The molecule has 0 radical (unpaired) electrons. The van der Waals surface area contributed by atoms with Gasteiger partial charge in [-0.1, -0.05) is 15.9 Å². The quantitative estimate of drug-likeness (QED) is 0.721. The predicted octanol–water partition coefficient (Wildman–Crippen LogP) is -0.943. The fraction of sp³-hybridized carbons (Fsp3) is 0. The van der Waals surface area contributed by atoms with Crippen LogP contribution in [-0.4, -0.2) is 17.8 Å². The van der Waals surface area contributed by atoms with Crippen molar-refractivity contribution >= 4 is 39.5 Å². The Morgan fingerprint density at radius 3 is 2.39 bits per heavy atom. The SMILES string of the molecule is O=C([O-])/C=C/C(=O)Nc1ccc(Br)cc1C(=O)[O-]. The molecule has 6 nitrogen and oxygen atoms in total. The van der Waals surface area contributed by atoms with Crippen molar-refractivity contribution < 1.29 is 24.6 Å². The Bertz CT molecular complexity index is 538. The number of aromatic carboxylic acids is 1. The molecule has 94 valence electrons. The predicted molar refractivity (Wildman–Crippen MR) is 61.2 cm³/mol. The van der Waals surface area contributed by atoms with Crippen molar-refractivity contribution in [2.75, 3.05) is 5.32 Å². The zero-order valence-electron chi connectivity index (χ0n) is 8.81. The molecule has 0 aliphatic rings. The number of benzene rings is 1. The van der Waals surface area contributed by atoms with E-state index in [1.165, 1.54) is 18.2 Å². The summed E-state index contributed by atoms with van der Waals surface area (Å²) in [4.78, 5) is 32.2. The molecule has 0 fully saturated rings. The number of nitrogens with one attached hydrogen (secondary N) is 1. The summed E-state index contributed by atoms with van der Waals surface area (Å²) in [6.45, 7) is 0. The molecule has 1 amide bonds. The Morgan fingerprint density at radius 2 is 1.83 bits per heavy atom. The highest BCUT2D eigenvalue weighted by molar-refractivity contribution is 9.10. The fourth-order valence-corrected chi connectivity index (χ4v) is 1.47. The molecule has 0 aliphatic carbocycles. The zero-order valence-corrected chi connectivity index (χ0v) is 10.4. The van der Waals surface area contributed by atoms with Crippen molar-refractivity contribution in [3.8, 4) is 0 Å². The molecule has 0 atom stereocenters. The molecule has 0 bridgehead atoms. The minimum absolute atomic E-state index is 0.00574. The number of rotatable bonds is 4. The largest absolute Gasteiger partial charge is 0.545 e. The van der Waals surface area contributed by atoms with E-state index in [1.54, 1.807) is 0 Å². The van der Waals surface area contributed by atoms with E-state index in [0.29, 0.717) is 10.5 Å². The van der Waals surface area contributed by atoms with Crippen LogP contribution in [0.1, 0.15) is 10.4 Å². The van der Waals surface area contributed by atoms with Crippen LogP contribution in [0.5, 0.6) is 0 Å². The number of carboxylic acids is 2. The van der Waals surface area contributed by atoms with Crippen LogP contribution in [0.3, 0.4) is 0 Å². The van der Waals surface area contributed by atoms with Gasteiger partial charge in [0.15, 0.2) is 0 Å². The standard InChI is InChI=1S/C11H8BrNO5/c12-6-1-2-8(7(5-6)11(17)18)13-9(14)3-4-10(15)16/h1-5H,(H,13,14)(H,15,16)(H,17,18)/p-2/b4-3+. The van der Waals surface area contributed by atoms with Gasteiger partial charge in [0.1, 0.15) is 0 Å². The third-order valence-corrected chi connectivity index (χ3v) is 2.32. The van der Waals surface area contributed by atoms with Crippen LogP contribution in [-0.2, 0) is 9.59 Å². The van der Waals surface area contributed by atoms with Crippen molar-refractivity contribution in [1.29, 1.82) is 0 Å². The maximum absolute atomic E-state index is 11.3. The van der Waals surface area contributed by atoms with Gasteiger partial charge in [0.2, 0.25) is 5.91 Å². The molecular weight excluding hydrogens is 306 g/mol. The van der Waals surface area contributed by atoms with E-state index < -0.39 is 17.8 Å². The van der Waals surface area contributed by atoms with E-state index in [0.717, 1.165) is 6.08 Å². The van der Waals surface area contributed by atoms with Crippen LogP contribution in [0.2, 0.25) is 0 Å². The van der Waals surface area contributed by atoms with Crippen LogP contribution < -0.4 is 15.5 Å². The molecule has 0 saturated heterocycles. The summed E-state index contributed by atoms with van der Waals surface area (Å²) in [7, 11) is 0. The van der Waals surface area contributed by atoms with Gasteiger partial charge in [-0.15, -0.1) is 0 Å². The van der Waals surface area contributed by atoms with Gasteiger partial charge in [-0.25, -0.2) is 0 Å². The number of hydrogen-bond acceptors (Lipinski definition) is 5. The molecule has 1 aromatic carbocycles. The number of hydrogen-bond donors (Lipinski definition) is 1. The third-order valence-electron chi connectivity index (χ3n) is 1.83. The van der Waals surface area contributed by atoms with E-state index in [2.05, 4.69) is 21.2 Å². The number of aliphatic carboxylic acids is 1. The summed E-state index contributed by atoms with van der Waals surface area (Å²) < 4.78 is 0.505. The molecule has 0 spiro atoms. The normalized spacial score (nSPS) is 10.3. The summed E-state index contributed by atoms with van der Waals surface area (Å²) >= 11 is 3.08. The minimum atomic E-state index is -1.53. The van der Waals surface area contributed by atoms with Gasteiger partial charge < -0.3 is 25.1 Å². The lowest BCUT2D eigenvalue weighted by Gasteiger charge is -2.11. The highest BCUT2D eigenvalue weighted by Crippen LogP contribution is 2.20. The first kappa shape index (κ1) is 13.9. The Hall–Kier alpha value is -2.15. The van der Waals surface area contributed by atoms with Crippen molar-refractivity contribution in [2.45, 2.75) is 0 Å². The van der Waals surface area contributed by atoms with Crippen molar-refractivity contribution in [1.82, 2.24) is 0 Å². The average molecular weight is 312 g/mol. The molecule has 1 rings (SSSR count). The third kappa shape index (κ3) is 4.02. The second-order valence-corrected chi connectivity index (χ2v) is 4.03. The van der Waals surface area contributed by atoms with Gasteiger partial charge >= 0.3 is 0 Å². The first-order chi connectivity index (χ1) is 8.40. The van der Waals surface area contributed by atoms with Gasteiger partial charge in [-0.05, 0) is 24.3 Å². The Balaban J connectivity index is 2.94. The van der Waals surface area contributed by atoms with Crippen molar-refractivity contribution in [2.24, 2.45) is 0 Å². The number of carbonyl (C=O) groups excluding carboxylic acids is 3. The van der Waals surface area contributed by atoms with Crippen LogP contribution in [0.15, 0.2) is 34.8 Å². The minimum Gasteiger partial charge on any atom is -0.545 e. The van der Waals surface area contributed by atoms with Crippen LogP contribution in [0, 0.1) is 0 Å². The van der Waals surface area contributed by atoms with Gasteiger partial charge in [0, 0.05) is 16.1 Å². The maximum atomic E-state index is 11.3. The molecule has 1 N–H and O–H groups in total. The summed E-state index contributed by atoms with van der Waals surface area (Å²) in [6.07, 6.45) is 1.25. The number of anilines is 1. The Kier molecular flexibility index (Phi) is 4.61. The zero-order chi connectivity index (χ0) is 13.7. The molecule has 18 heavy (non-hydrogen) atoms. The summed E-state index contributed by atoms with van der Waals surface area (Å²) in [5.74, 6) is -3.78. The second-order valence-electron chi connectivity index (χ2n) is 3.12. The van der Waals surface area contributed by atoms with Crippen molar-refractivity contribution in [3.63, 3.8) is 0 Å². The Labute approximate surface area is 110 Å².